The van der Waals surface area contributed by atoms with Crippen molar-refractivity contribution in [1.82, 2.24) is 5.32 Å². The van der Waals surface area contributed by atoms with E-state index < -0.39 is 0 Å². The van der Waals surface area contributed by atoms with E-state index in [9.17, 15) is 0 Å². The average molecular weight is 240 g/mol. The van der Waals surface area contributed by atoms with Crippen molar-refractivity contribution in [2.45, 2.75) is 39.7 Å². The molecule has 0 spiro atoms. The summed E-state index contributed by atoms with van der Waals surface area (Å²) in [6, 6.07) is 8.72. The van der Waals surface area contributed by atoms with Crippen LogP contribution in [0.3, 0.4) is 0 Å². The first kappa shape index (κ1) is 13.5. The predicted molar refractivity (Wildman–Crippen MR) is 72.1 cm³/mol. The van der Waals surface area contributed by atoms with E-state index in [1.54, 1.807) is 0 Å². The van der Waals surface area contributed by atoms with Crippen molar-refractivity contribution in [3.8, 4) is 0 Å². The average Bonchev–Trinajstić information content (AvgIpc) is 2.27. The number of benzene rings is 1. The monoisotopic (exact) mass is 239 g/mol. The second-order valence-electron chi connectivity index (χ2n) is 4.38. The van der Waals surface area contributed by atoms with Crippen LogP contribution in [0.15, 0.2) is 24.3 Å². The number of hydrogen-bond donors (Lipinski definition) is 1. The third-order valence-electron chi connectivity index (χ3n) is 3.14. The molecule has 90 valence electrons. The van der Waals surface area contributed by atoms with Crippen LogP contribution in [0.5, 0.6) is 0 Å². The maximum Gasteiger partial charge on any atom is 0.0408 e. The lowest BCUT2D eigenvalue weighted by atomic mass is 9.93. The summed E-state index contributed by atoms with van der Waals surface area (Å²) >= 11 is 6.00. The van der Waals surface area contributed by atoms with Gasteiger partial charge in [-0.05, 0) is 36.6 Å². The first-order valence-electron chi connectivity index (χ1n) is 6.15. The molecule has 1 N–H and O–H groups in total. The number of hydrogen-bond acceptors (Lipinski definition) is 1. The number of halogens is 1. The zero-order valence-electron chi connectivity index (χ0n) is 10.5. The molecule has 16 heavy (non-hydrogen) atoms. The zero-order valence-corrected chi connectivity index (χ0v) is 11.2. The predicted octanol–water partition coefficient (Wildman–Crippen LogP) is 3.91. The van der Waals surface area contributed by atoms with Crippen LogP contribution in [0.2, 0.25) is 5.02 Å². The van der Waals surface area contributed by atoms with Crippen LogP contribution in [-0.2, 0) is 6.42 Å². The van der Waals surface area contributed by atoms with E-state index in [-0.39, 0.29) is 0 Å². The maximum atomic E-state index is 6.00. The fourth-order valence-corrected chi connectivity index (χ4v) is 2.15. The Balaban J connectivity index is 2.67. The fourth-order valence-electron chi connectivity index (χ4n) is 1.94. The minimum Gasteiger partial charge on any atom is -0.314 e. The van der Waals surface area contributed by atoms with Crippen molar-refractivity contribution in [2.24, 2.45) is 5.92 Å². The van der Waals surface area contributed by atoms with Crippen molar-refractivity contribution in [3.63, 3.8) is 0 Å². The van der Waals surface area contributed by atoms with Gasteiger partial charge in [-0.1, -0.05) is 50.9 Å². The number of rotatable bonds is 6. The van der Waals surface area contributed by atoms with Crippen molar-refractivity contribution >= 4 is 11.6 Å². The SMILES string of the molecule is CCNC(Cc1cccc(Cl)c1)C(C)CC. The van der Waals surface area contributed by atoms with Crippen molar-refractivity contribution in [3.05, 3.63) is 34.9 Å². The van der Waals surface area contributed by atoms with Gasteiger partial charge in [0, 0.05) is 11.1 Å². The summed E-state index contributed by atoms with van der Waals surface area (Å²) < 4.78 is 0. The topological polar surface area (TPSA) is 12.0 Å². The minimum absolute atomic E-state index is 0.550. The molecule has 1 aromatic carbocycles. The van der Waals surface area contributed by atoms with Crippen molar-refractivity contribution in [2.75, 3.05) is 6.54 Å². The molecule has 1 nitrogen and oxygen atoms in total. The zero-order chi connectivity index (χ0) is 12.0. The van der Waals surface area contributed by atoms with E-state index in [0.29, 0.717) is 12.0 Å². The molecule has 2 atom stereocenters. The largest absolute Gasteiger partial charge is 0.314 e. The molecule has 2 heteroatoms. The molecule has 0 aliphatic heterocycles. The first-order valence-corrected chi connectivity index (χ1v) is 6.53. The van der Waals surface area contributed by atoms with Gasteiger partial charge >= 0.3 is 0 Å². The van der Waals surface area contributed by atoms with E-state index in [0.717, 1.165) is 18.0 Å². The van der Waals surface area contributed by atoms with Crippen LogP contribution in [0.1, 0.15) is 32.8 Å². The Bertz CT molecular complexity index is 311. The summed E-state index contributed by atoms with van der Waals surface area (Å²) in [5, 5.41) is 4.39. The molecule has 0 fully saturated rings. The van der Waals surface area contributed by atoms with Crippen molar-refractivity contribution < 1.29 is 0 Å². The van der Waals surface area contributed by atoms with Gasteiger partial charge in [-0.3, -0.25) is 0 Å². The Morgan fingerprint density at radius 3 is 2.62 bits per heavy atom. The van der Waals surface area contributed by atoms with Crippen LogP contribution < -0.4 is 5.32 Å². The highest BCUT2D eigenvalue weighted by molar-refractivity contribution is 6.30. The summed E-state index contributed by atoms with van der Waals surface area (Å²) in [7, 11) is 0. The van der Waals surface area contributed by atoms with Crippen LogP contribution in [-0.4, -0.2) is 12.6 Å². The molecule has 2 unspecified atom stereocenters. The van der Waals surface area contributed by atoms with E-state index in [1.807, 2.05) is 12.1 Å². The smallest absolute Gasteiger partial charge is 0.0408 e. The lowest BCUT2D eigenvalue weighted by molar-refractivity contribution is 0.371. The van der Waals surface area contributed by atoms with Crippen LogP contribution in [0.4, 0.5) is 0 Å². The van der Waals surface area contributed by atoms with Gasteiger partial charge in [0.1, 0.15) is 0 Å². The van der Waals surface area contributed by atoms with E-state index in [4.69, 9.17) is 11.6 Å². The summed E-state index contributed by atoms with van der Waals surface area (Å²) in [6.07, 6.45) is 2.27. The second-order valence-corrected chi connectivity index (χ2v) is 4.82. The van der Waals surface area contributed by atoms with Gasteiger partial charge in [-0.15, -0.1) is 0 Å². The van der Waals surface area contributed by atoms with E-state index in [2.05, 4.69) is 38.2 Å². The molecule has 0 heterocycles. The lowest BCUT2D eigenvalue weighted by Crippen LogP contribution is -2.36. The van der Waals surface area contributed by atoms with E-state index >= 15 is 0 Å². The van der Waals surface area contributed by atoms with Gasteiger partial charge in [0.25, 0.3) is 0 Å². The van der Waals surface area contributed by atoms with E-state index in [1.165, 1.54) is 12.0 Å². The quantitative estimate of drug-likeness (QED) is 0.794. The summed E-state index contributed by atoms with van der Waals surface area (Å²) in [6.45, 7) is 7.73. The van der Waals surface area contributed by atoms with Gasteiger partial charge in [0.05, 0.1) is 0 Å². The van der Waals surface area contributed by atoms with Crippen LogP contribution in [0.25, 0.3) is 0 Å². The molecule has 1 rings (SSSR count). The molecule has 0 aliphatic rings. The van der Waals surface area contributed by atoms with Gasteiger partial charge in [0.2, 0.25) is 0 Å². The number of nitrogens with one attached hydrogen (secondary N) is 1. The molecule has 0 aliphatic carbocycles. The third kappa shape index (κ3) is 4.15. The third-order valence-corrected chi connectivity index (χ3v) is 3.38. The highest BCUT2D eigenvalue weighted by Gasteiger charge is 2.14. The Kier molecular flexibility index (Phi) is 5.86. The maximum absolute atomic E-state index is 6.00. The van der Waals surface area contributed by atoms with Gasteiger partial charge in [0.15, 0.2) is 0 Å². The first-order chi connectivity index (χ1) is 7.67. The molecule has 1 aromatic rings. The molecule has 0 saturated carbocycles. The minimum atomic E-state index is 0.550. The Hall–Kier alpha value is -0.530. The van der Waals surface area contributed by atoms with Gasteiger partial charge in [-0.25, -0.2) is 0 Å². The molecule has 0 saturated heterocycles. The Morgan fingerprint density at radius 1 is 1.31 bits per heavy atom. The lowest BCUT2D eigenvalue weighted by Gasteiger charge is -2.24. The Morgan fingerprint density at radius 2 is 2.06 bits per heavy atom. The summed E-state index contributed by atoms with van der Waals surface area (Å²) in [5.74, 6) is 0.693. The summed E-state index contributed by atoms with van der Waals surface area (Å²) in [4.78, 5) is 0. The standard InChI is InChI=1S/C14H22ClN/c1-4-11(3)14(16-5-2)10-12-7-6-8-13(15)9-12/h6-9,11,14,16H,4-5,10H2,1-3H3. The molecular formula is C14H22ClN. The molecular weight excluding hydrogens is 218 g/mol. The summed E-state index contributed by atoms with van der Waals surface area (Å²) in [5.41, 5.74) is 1.32. The van der Waals surface area contributed by atoms with Gasteiger partial charge in [-0.2, -0.15) is 0 Å². The van der Waals surface area contributed by atoms with Crippen LogP contribution in [0, 0.1) is 5.92 Å². The normalized spacial score (nSPS) is 14.8. The van der Waals surface area contributed by atoms with Crippen molar-refractivity contribution in [1.29, 1.82) is 0 Å². The highest BCUT2D eigenvalue weighted by atomic mass is 35.5. The molecule has 0 amide bonds. The molecule has 0 aromatic heterocycles. The second kappa shape index (κ2) is 6.93. The number of likely N-dealkylation sites (N-methyl/N-ethyl adjacent to an activating group) is 1. The highest BCUT2D eigenvalue weighted by Crippen LogP contribution is 2.16. The van der Waals surface area contributed by atoms with Gasteiger partial charge < -0.3 is 5.32 Å². The van der Waals surface area contributed by atoms with Crippen LogP contribution >= 0.6 is 11.6 Å². The fraction of sp³-hybridized carbons (Fsp3) is 0.571. The Labute approximate surface area is 104 Å². The molecule has 0 bridgehead atoms. The molecule has 0 radical (unpaired) electrons.